The van der Waals surface area contributed by atoms with Gasteiger partial charge in [0.2, 0.25) is 5.91 Å². The highest BCUT2D eigenvalue weighted by Gasteiger charge is 2.15. The van der Waals surface area contributed by atoms with Gasteiger partial charge in [-0.3, -0.25) is 4.79 Å². The monoisotopic (exact) mass is 264 g/mol. The van der Waals surface area contributed by atoms with E-state index in [0.717, 1.165) is 24.2 Å². The first kappa shape index (κ1) is 15.5. The Morgan fingerprint density at radius 2 is 1.89 bits per heavy atom. The average molecular weight is 264 g/mol. The second-order valence-corrected chi connectivity index (χ2v) is 5.19. The minimum Gasteiger partial charge on any atom is -0.385 e. The number of amides is 1. The molecule has 2 N–H and O–H groups in total. The van der Waals surface area contributed by atoms with Crippen molar-refractivity contribution in [3.05, 3.63) is 29.8 Å². The molecule has 1 aromatic rings. The molecule has 1 amide bonds. The van der Waals surface area contributed by atoms with Gasteiger partial charge in [0.05, 0.1) is 12.0 Å². The Kier molecular flexibility index (Phi) is 5.83. The predicted molar refractivity (Wildman–Crippen MR) is 78.4 cm³/mol. The molecule has 0 aliphatic heterocycles. The quantitative estimate of drug-likeness (QED) is 0.794. The summed E-state index contributed by atoms with van der Waals surface area (Å²) < 4.78 is 5.37. The second-order valence-electron chi connectivity index (χ2n) is 5.19. The molecule has 1 rings (SSSR count). The van der Waals surface area contributed by atoms with E-state index >= 15 is 0 Å². The molecule has 4 heteroatoms. The Bertz CT molecular complexity index is 399. The van der Waals surface area contributed by atoms with Crippen LogP contribution in [0.5, 0.6) is 0 Å². The summed E-state index contributed by atoms with van der Waals surface area (Å²) in [6, 6.07) is 7.94. The number of hydrogen-bond donors (Lipinski definition) is 2. The summed E-state index contributed by atoms with van der Waals surface area (Å²) in [6.07, 6.45) is 1.36. The van der Waals surface area contributed by atoms with Crippen LogP contribution in [0.1, 0.15) is 25.8 Å². The van der Waals surface area contributed by atoms with Gasteiger partial charge in [0, 0.05) is 26.4 Å². The molecule has 0 saturated heterocycles. The van der Waals surface area contributed by atoms with Crippen molar-refractivity contribution in [3.63, 3.8) is 0 Å². The fourth-order valence-electron chi connectivity index (χ4n) is 1.62. The van der Waals surface area contributed by atoms with E-state index in [-0.39, 0.29) is 11.5 Å². The third-order valence-corrected chi connectivity index (χ3v) is 3.21. The number of rotatable bonds is 7. The molecule has 0 spiro atoms. The summed E-state index contributed by atoms with van der Waals surface area (Å²) in [5.41, 5.74) is 1.97. The van der Waals surface area contributed by atoms with Gasteiger partial charge < -0.3 is 15.4 Å². The Hall–Kier alpha value is -1.55. The number of hydrogen-bond acceptors (Lipinski definition) is 3. The molecule has 0 atom stereocenters. The first-order valence-electron chi connectivity index (χ1n) is 6.55. The van der Waals surface area contributed by atoms with E-state index in [2.05, 4.69) is 24.5 Å². The molecular weight excluding hydrogens is 240 g/mol. The number of anilines is 1. The SMILES string of the molecule is CNC(=O)Cc1ccc(NCCC(C)(C)OC)cc1. The minimum atomic E-state index is -0.105. The molecule has 0 aromatic heterocycles. The molecule has 4 nitrogen and oxygen atoms in total. The van der Waals surface area contributed by atoms with Crippen molar-refractivity contribution in [2.24, 2.45) is 0 Å². The molecule has 0 aliphatic carbocycles. The van der Waals surface area contributed by atoms with Crippen molar-refractivity contribution in [1.29, 1.82) is 0 Å². The van der Waals surface area contributed by atoms with Gasteiger partial charge in [-0.25, -0.2) is 0 Å². The predicted octanol–water partition coefficient (Wildman–Crippen LogP) is 2.20. The zero-order chi connectivity index (χ0) is 14.3. The number of carbonyl (C=O) groups excluding carboxylic acids is 1. The van der Waals surface area contributed by atoms with E-state index in [1.807, 2.05) is 24.3 Å². The topological polar surface area (TPSA) is 50.4 Å². The maximum Gasteiger partial charge on any atom is 0.224 e. The lowest BCUT2D eigenvalue weighted by molar-refractivity contribution is -0.119. The number of likely N-dealkylation sites (N-methyl/N-ethyl adjacent to an activating group) is 1. The average Bonchev–Trinajstić information content (AvgIpc) is 2.40. The molecule has 0 radical (unpaired) electrons. The summed E-state index contributed by atoms with van der Waals surface area (Å²) in [6.45, 7) is 5.00. The lowest BCUT2D eigenvalue weighted by atomic mass is 10.1. The van der Waals surface area contributed by atoms with Crippen LogP contribution in [-0.4, -0.2) is 32.2 Å². The van der Waals surface area contributed by atoms with E-state index in [0.29, 0.717) is 6.42 Å². The van der Waals surface area contributed by atoms with Gasteiger partial charge in [-0.05, 0) is 38.0 Å². The van der Waals surface area contributed by atoms with Crippen LogP contribution in [0.4, 0.5) is 5.69 Å². The summed E-state index contributed by atoms with van der Waals surface area (Å²) in [5.74, 6) is 0.0301. The number of benzene rings is 1. The van der Waals surface area contributed by atoms with Gasteiger partial charge in [0.1, 0.15) is 0 Å². The summed E-state index contributed by atoms with van der Waals surface area (Å²) in [5, 5.41) is 5.97. The highest BCUT2D eigenvalue weighted by atomic mass is 16.5. The molecule has 19 heavy (non-hydrogen) atoms. The second kappa shape index (κ2) is 7.14. The van der Waals surface area contributed by atoms with Crippen LogP contribution in [0.2, 0.25) is 0 Å². The zero-order valence-electron chi connectivity index (χ0n) is 12.2. The van der Waals surface area contributed by atoms with Gasteiger partial charge in [-0.15, -0.1) is 0 Å². The molecule has 0 aliphatic rings. The van der Waals surface area contributed by atoms with Gasteiger partial charge in [0.15, 0.2) is 0 Å². The van der Waals surface area contributed by atoms with Crippen LogP contribution in [0.15, 0.2) is 24.3 Å². The molecular formula is C15H24N2O2. The minimum absolute atomic E-state index is 0.0301. The van der Waals surface area contributed by atoms with Crippen molar-refractivity contribution < 1.29 is 9.53 Å². The van der Waals surface area contributed by atoms with Crippen LogP contribution in [0.25, 0.3) is 0 Å². The summed E-state index contributed by atoms with van der Waals surface area (Å²) in [4.78, 5) is 11.2. The molecule has 0 heterocycles. The van der Waals surface area contributed by atoms with E-state index < -0.39 is 0 Å². The maximum atomic E-state index is 11.2. The van der Waals surface area contributed by atoms with Crippen molar-refractivity contribution in [2.45, 2.75) is 32.3 Å². The molecule has 0 saturated carbocycles. The van der Waals surface area contributed by atoms with Crippen LogP contribution in [0, 0.1) is 0 Å². The lowest BCUT2D eigenvalue weighted by Crippen LogP contribution is -2.25. The van der Waals surface area contributed by atoms with Crippen LogP contribution in [0.3, 0.4) is 0 Å². The van der Waals surface area contributed by atoms with E-state index in [1.54, 1.807) is 14.2 Å². The third-order valence-electron chi connectivity index (χ3n) is 3.21. The Labute approximate surface area is 115 Å². The van der Waals surface area contributed by atoms with E-state index in [9.17, 15) is 4.79 Å². The normalized spacial score (nSPS) is 11.2. The summed E-state index contributed by atoms with van der Waals surface area (Å²) >= 11 is 0. The van der Waals surface area contributed by atoms with Crippen molar-refractivity contribution >= 4 is 11.6 Å². The van der Waals surface area contributed by atoms with Crippen LogP contribution in [-0.2, 0) is 16.0 Å². The fourth-order valence-corrected chi connectivity index (χ4v) is 1.62. The number of nitrogens with one attached hydrogen (secondary N) is 2. The fraction of sp³-hybridized carbons (Fsp3) is 0.533. The molecule has 1 aromatic carbocycles. The highest BCUT2D eigenvalue weighted by Crippen LogP contribution is 2.14. The first-order chi connectivity index (χ1) is 8.96. The highest BCUT2D eigenvalue weighted by molar-refractivity contribution is 5.78. The molecule has 0 unspecified atom stereocenters. The zero-order valence-corrected chi connectivity index (χ0v) is 12.2. The van der Waals surface area contributed by atoms with Gasteiger partial charge in [0.25, 0.3) is 0 Å². The number of carbonyl (C=O) groups is 1. The lowest BCUT2D eigenvalue weighted by Gasteiger charge is -2.23. The maximum absolute atomic E-state index is 11.2. The van der Waals surface area contributed by atoms with E-state index in [1.165, 1.54) is 0 Å². The molecule has 0 fully saturated rings. The van der Waals surface area contributed by atoms with Gasteiger partial charge in [-0.2, -0.15) is 0 Å². The Morgan fingerprint density at radius 3 is 2.42 bits per heavy atom. The third kappa shape index (κ3) is 5.75. The Morgan fingerprint density at radius 1 is 1.26 bits per heavy atom. The van der Waals surface area contributed by atoms with Crippen molar-refractivity contribution in [1.82, 2.24) is 5.32 Å². The number of ether oxygens (including phenoxy) is 1. The Balaban J connectivity index is 2.42. The van der Waals surface area contributed by atoms with Crippen molar-refractivity contribution in [3.8, 4) is 0 Å². The summed E-state index contributed by atoms with van der Waals surface area (Å²) in [7, 11) is 3.38. The standard InChI is InChI=1S/C15H24N2O2/c1-15(2,19-4)9-10-17-13-7-5-12(6-8-13)11-14(18)16-3/h5-8,17H,9-11H2,1-4H3,(H,16,18). The van der Waals surface area contributed by atoms with Crippen LogP contribution < -0.4 is 10.6 Å². The van der Waals surface area contributed by atoms with Gasteiger partial charge >= 0.3 is 0 Å². The number of methoxy groups -OCH3 is 1. The smallest absolute Gasteiger partial charge is 0.224 e. The van der Waals surface area contributed by atoms with Crippen molar-refractivity contribution in [2.75, 3.05) is 26.0 Å². The molecule has 106 valence electrons. The van der Waals surface area contributed by atoms with Crippen LogP contribution >= 0.6 is 0 Å². The van der Waals surface area contributed by atoms with E-state index in [4.69, 9.17) is 4.74 Å². The largest absolute Gasteiger partial charge is 0.385 e. The van der Waals surface area contributed by atoms with Gasteiger partial charge in [-0.1, -0.05) is 12.1 Å². The first-order valence-corrected chi connectivity index (χ1v) is 6.55. The molecule has 0 bridgehead atoms.